The minimum Gasteiger partial charge on any atom is -0.497 e. The molecule has 118 valence electrons. The molecule has 0 aliphatic heterocycles. The maximum absolute atomic E-state index is 5.16. The maximum Gasteiger partial charge on any atom is 0.118 e. The Bertz CT molecular complexity index is 707. The van der Waals surface area contributed by atoms with Crippen molar-refractivity contribution in [3.63, 3.8) is 0 Å². The second-order valence-electron chi connectivity index (χ2n) is 6.64. The highest BCUT2D eigenvalue weighted by atomic mass is 16.5. The minimum atomic E-state index is 0.413. The van der Waals surface area contributed by atoms with Crippen molar-refractivity contribution in [3.8, 4) is 5.75 Å². The van der Waals surface area contributed by atoms with Crippen molar-refractivity contribution < 1.29 is 4.74 Å². The van der Waals surface area contributed by atoms with Crippen LogP contribution in [0.25, 0.3) is 12.2 Å². The normalized spacial score (nSPS) is 23.5. The van der Waals surface area contributed by atoms with E-state index in [1.807, 2.05) is 12.1 Å². The summed E-state index contributed by atoms with van der Waals surface area (Å²) < 4.78 is 5.16. The third-order valence-corrected chi connectivity index (χ3v) is 5.03. The molecule has 1 nitrogen and oxygen atoms in total. The predicted octanol–water partition coefficient (Wildman–Crippen LogP) is 5.72. The summed E-state index contributed by atoms with van der Waals surface area (Å²) in [5, 5.41) is 0. The number of allylic oxidation sites excluding steroid dienone is 2. The number of benzene rings is 2. The molecule has 2 aromatic carbocycles. The fourth-order valence-electron chi connectivity index (χ4n) is 3.00. The first-order chi connectivity index (χ1) is 11.1. The van der Waals surface area contributed by atoms with Gasteiger partial charge in [-0.2, -0.15) is 0 Å². The molecule has 0 N–H and O–H groups in total. The van der Waals surface area contributed by atoms with Crippen molar-refractivity contribution in [3.05, 3.63) is 77.4 Å². The van der Waals surface area contributed by atoms with Crippen LogP contribution in [0.4, 0.5) is 0 Å². The van der Waals surface area contributed by atoms with Gasteiger partial charge in [-0.25, -0.2) is 0 Å². The predicted molar refractivity (Wildman–Crippen MR) is 98.6 cm³/mol. The lowest BCUT2D eigenvalue weighted by atomic mass is 9.95. The van der Waals surface area contributed by atoms with Crippen LogP contribution >= 0.6 is 0 Å². The van der Waals surface area contributed by atoms with Gasteiger partial charge in [0.2, 0.25) is 0 Å². The molecule has 0 amide bonds. The Morgan fingerprint density at radius 2 is 1.39 bits per heavy atom. The summed E-state index contributed by atoms with van der Waals surface area (Å²) in [7, 11) is 1.68. The van der Waals surface area contributed by atoms with Crippen molar-refractivity contribution >= 4 is 12.2 Å². The summed E-state index contributed by atoms with van der Waals surface area (Å²) >= 11 is 0. The van der Waals surface area contributed by atoms with Gasteiger partial charge in [-0.15, -0.1) is 0 Å². The first-order valence-electron chi connectivity index (χ1n) is 8.21. The van der Waals surface area contributed by atoms with E-state index in [0.29, 0.717) is 5.41 Å². The molecule has 1 saturated carbocycles. The van der Waals surface area contributed by atoms with Gasteiger partial charge in [0.25, 0.3) is 0 Å². The Hall–Kier alpha value is -2.28. The fraction of sp³-hybridized carbons (Fsp3) is 0.273. The zero-order chi connectivity index (χ0) is 16.3. The molecule has 23 heavy (non-hydrogen) atoms. The van der Waals surface area contributed by atoms with Crippen LogP contribution in [0, 0.1) is 5.92 Å². The Morgan fingerprint density at radius 1 is 0.913 bits per heavy atom. The van der Waals surface area contributed by atoms with Gasteiger partial charge in [-0.3, -0.25) is 0 Å². The number of rotatable bonds is 5. The molecule has 0 radical (unpaired) electrons. The highest BCUT2D eigenvalue weighted by Crippen LogP contribution is 2.53. The van der Waals surface area contributed by atoms with Crippen molar-refractivity contribution in [2.75, 3.05) is 7.11 Å². The number of hydrogen-bond acceptors (Lipinski definition) is 1. The lowest BCUT2D eigenvalue weighted by molar-refractivity contribution is 0.415. The summed E-state index contributed by atoms with van der Waals surface area (Å²) in [6.45, 7) is 4.69. The van der Waals surface area contributed by atoms with Gasteiger partial charge < -0.3 is 4.74 Å². The molecule has 1 aliphatic carbocycles. The van der Waals surface area contributed by atoms with Gasteiger partial charge >= 0.3 is 0 Å². The Labute approximate surface area is 139 Å². The molecule has 1 unspecified atom stereocenters. The van der Waals surface area contributed by atoms with Gasteiger partial charge in [-0.05, 0) is 46.6 Å². The van der Waals surface area contributed by atoms with E-state index in [2.05, 4.69) is 74.5 Å². The van der Waals surface area contributed by atoms with Gasteiger partial charge in [0, 0.05) is 0 Å². The topological polar surface area (TPSA) is 9.23 Å². The van der Waals surface area contributed by atoms with Gasteiger partial charge in [0.1, 0.15) is 5.75 Å². The van der Waals surface area contributed by atoms with Crippen LogP contribution in [0.5, 0.6) is 5.75 Å². The van der Waals surface area contributed by atoms with E-state index in [-0.39, 0.29) is 0 Å². The maximum atomic E-state index is 5.16. The summed E-state index contributed by atoms with van der Waals surface area (Å²) in [6.07, 6.45) is 9.70. The average molecular weight is 304 g/mol. The molecule has 2 aromatic rings. The van der Waals surface area contributed by atoms with Crippen molar-refractivity contribution in [1.82, 2.24) is 0 Å². The molecule has 0 heterocycles. The van der Waals surface area contributed by atoms with Crippen LogP contribution < -0.4 is 4.74 Å². The van der Waals surface area contributed by atoms with Crippen LogP contribution in [0.3, 0.4) is 0 Å². The summed E-state index contributed by atoms with van der Waals surface area (Å²) in [5.41, 5.74) is 4.29. The van der Waals surface area contributed by atoms with Gasteiger partial charge in [0.05, 0.1) is 7.11 Å². The molecule has 1 fully saturated rings. The highest BCUT2D eigenvalue weighted by molar-refractivity contribution is 5.58. The van der Waals surface area contributed by atoms with Crippen molar-refractivity contribution in [2.45, 2.75) is 25.7 Å². The van der Waals surface area contributed by atoms with Crippen LogP contribution in [0.15, 0.2) is 60.7 Å². The van der Waals surface area contributed by atoms with Crippen LogP contribution in [0.2, 0.25) is 0 Å². The molecule has 0 spiro atoms. The molecule has 1 aliphatic rings. The molecular weight excluding hydrogens is 280 g/mol. The number of ether oxygens (including phenoxy) is 1. The molecule has 0 saturated heterocycles. The van der Waals surface area contributed by atoms with E-state index < -0.39 is 0 Å². The molecule has 3 rings (SSSR count). The first-order valence-corrected chi connectivity index (χ1v) is 8.21. The van der Waals surface area contributed by atoms with Crippen LogP contribution in [-0.4, -0.2) is 7.11 Å². The molecule has 2 atom stereocenters. The zero-order valence-corrected chi connectivity index (χ0v) is 14.1. The third kappa shape index (κ3) is 3.56. The largest absolute Gasteiger partial charge is 0.497 e. The lowest BCUT2D eigenvalue weighted by Gasteiger charge is -2.10. The minimum absolute atomic E-state index is 0.413. The Balaban J connectivity index is 1.60. The SMILES string of the molecule is COc1ccc(/C=C/C=C/c2ccc([C@]3(C)CC3C)cc2)cc1. The van der Waals surface area contributed by atoms with E-state index in [1.54, 1.807) is 7.11 Å². The number of methoxy groups -OCH3 is 1. The molecular formula is C22H24O. The van der Waals surface area contributed by atoms with Crippen molar-refractivity contribution in [2.24, 2.45) is 5.92 Å². The third-order valence-electron chi connectivity index (χ3n) is 5.03. The second-order valence-corrected chi connectivity index (χ2v) is 6.64. The first kappa shape index (κ1) is 15.6. The van der Waals surface area contributed by atoms with E-state index in [4.69, 9.17) is 4.74 Å². The molecule has 0 aromatic heterocycles. The van der Waals surface area contributed by atoms with Crippen LogP contribution in [-0.2, 0) is 5.41 Å². The second kappa shape index (κ2) is 6.45. The lowest BCUT2D eigenvalue weighted by Crippen LogP contribution is -2.02. The summed E-state index contributed by atoms with van der Waals surface area (Å²) in [6, 6.07) is 17.0. The van der Waals surface area contributed by atoms with E-state index in [9.17, 15) is 0 Å². The molecule has 1 heteroatoms. The number of hydrogen-bond donors (Lipinski definition) is 0. The van der Waals surface area contributed by atoms with E-state index >= 15 is 0 Å². The average Bonchev–Trinajstić information content (AvgIpc) is 3.21. The highest BCUT2D eigenvalue weighted by Gasteiger charge is 2.47. The van der Waals surface area contributed by atoms with Crippen LogP contribution in [0.1, 0.15) is 37.0 Å². The monoisotopic (exact) mass is 304 g/mol. The fourth-order valence-corrected chi connectivity index (χ4v) is 3.00. The Morgan fingerprint density at radius 3 is 1.83 bits per heavy atom. The summed E-state index contributed by atoms with van der Waals surface area (Å²) in [5.74, 6) is 1.70. The summed E-state index contributed by atoms with van der Waals surface area (Å²) in [4.78, 5) is 0. The van der Waals surface area contributed by atoms with Crippen molar-refractivity contribution in [1.29, 1.82) is 0 Å². The zero-order valence-electron chi connectivity index (χ0n) is 14.1. The Kier molecular flexibility index (Phi) is 4.38. The van der Waals surface area contributed by atoms with Gasteiger partial charge in [-0.1, -0.05) is 74.5 Å². The van der Waals surface area contributed by atoms with E-state index in [0.717, 1.165) is 11.7 Å². The standard InChI is InChI=1S/C22H24O/c1-17-16-22(17,2)20-12-8-18(9-13-20)6-4-5-7-19-10-14-21(23-3)15-11-19/h4-15,17H,16H2,1-3H3/b6-4+,7-5+/t17?,22-/m1/s1. The van der Waals surface area contributed by atoms with Gasteiger partial charge in [0.15, 0.2) is 0 Å². The van der Waals surface area contributed by atoms with E-state index in [1.165, 1.54) is 23.1 Å². The smallest absolute Gasteiger partial charge is 0.118 e. The molecule has 0 bridgehead atoms. The quantitative estimate of drug-likeness (QED) is 0.642.